The highest BCUT2D eigenvalue weighted by atomic mass is 16.7. The first-order valence-corrected chi connectivity index (χ1v) is 12.8. The van der Waals surface area contributed by atoms with E-state index in [2.05, 4.69) is 20.8 Å². The number of ether oxygens (including phenoxy) is 3. The van der Waals surface area contributed by atoms with E-state index in [1.807, 2.05) is 6.92 Å². The Balaban J connectivity index is 1.35. The minimum Gasteiger partial charge on any atom is -0.387 e. The minimum atomic E-state index is -0.597. The van der Waals surface area contributed by atoms with E-state index in [4.69, 9.17) is 14.2 Å². The highest BCUT2D eigenvalue weighted by Gasteiger charge is 2.64. The molecular weight excluding hydrogens is 376 g/mol. The molecular formula is C26H44O4. The molecule has 1 unspecified atom stereocenters. The standard InChI is InChI=1S/C26H44O4/c1-5-28-17-26(27)13-12-23(2)18(16-26)6-7-19-20-8-9-22(25(4)29-14-15-30-25)24(20,3)11-10-21(19)23/h18-22,27H,5-17H2,1-4H3/t18-,19+,20+,21+,22+,23+,24+,26?/m1/s1. The first-order valence-electron chi connectivity index (χ1n) is 12.8. The second kappa shape index (κ2) is 7.43. The van der Waals surface area contributed by atoms with Gasteiger partial charge in [0.2, 0.25) is 0 Å². The fourth-order valence-electron chi connectivity index (χ4n) is 9.34. The van der Waals surface area contributed by atoms with Crippen molar-refractivity contribution in [3.05, 3.63) is 0 Å². The summed E-state index contributed by atoms with van der Waals surface area (Å²) in [6.45, 7) is 12.1. The van der Waals surface area contributed by atoms with Crippen LogP contribution in [0, 0.1) is 40.4 Å². The van der Waals surface area contributed by atoms with Crippen molar-refractivity contribution in [3.8, 4) is 0 Å². The maximum Gasteiger partial charge on any atom is 0.169 e. The number of fused-ring (bicyclic) bond motifs is 5. The molecule has 4 aliphatic carbocycles. The van der Waals surface area contributed by atoms with Gasteiger partial charge in [-0.25, -0.2) is 0 Å². The molecule has 5 aliphatic rings. The Kier molecular flexibility index (Phi) is 5.37. The lowest BCUT2D eigenvalue weighted by Gasteiger charge is -2.62. The van der Waals surface area contributed by atoms with Crippen LogP contribution in [0.25, 0.3) is 0 Å². The van der Waals surface area contributed by atoms with Gasteiger partial charge in [-0.05, 0) is 106 Å². The fraction of sp³-hybridized carbons (Fsp3) is 1.00. The third-order valence-corrected chi connectivity index (χ3v) is 10.9. The molecule has 5 rings (SSSR count). The molecule has 1 N–H and O–H groups in total. The summed E-state index contributed by atoms with van der Waals surface area (Å²) in [5.74, 6) is 3.30. The van der Waals surface area contributed by atoms with E-state index in [-0.39, 0.29) is 5.79 Å². The van der Waals surface area contributed by atoms with Crippen molar-refractivity contribution in [2.24, 2.45) is 40.4 Å². The highest BCUT2D eigenvalue weighted by Crippen LogP contribution is 2.69. The second-order valence-corrected chi connectivity index (χ2v) is 12.1. The van der Waals surface area contributed by atoms with Crippen LogP contribution in [0.15, 0.2) is 0 Å². The van der Waals surface area contributed by atoms with Crippen molar-refractivity contribution in [3.63, 3.8) is 0 Å². The van der Waals surface area contributed by atoms with Gasteiger partial charge in [0.1, 0.15) is 0 Å². The summed E-state index contributed by atoms with van der Waals surface area (Å²) < 4.78 is 18.0. The summed E-state index contributed by atoms with van der Waals surface area (Å²) in [6, 6.07) is 0. The second-order valence-electron chi connectivity index (χ2n) is 12.1. The highest BCUT2D eigenvalue weighted by molar-refractivity contribution is 5.12. The molecule has 0 aromatic heterocycles. The Morgan fingerprint density at radius 2 is 1.60 bits per heavy atom. The summed E-state index contributed by atoms with van der Waals surface area (Å²) in [5, 5.41) is 11.2. The van der Waals surface area contributed by atoms with Crippen LogP contribution in [0.2, 0.25) is 0 Å². The van der Waals surface area contributed by atoms with Gasteiger partial charge in [-0.15, -0.1) is 0 Å². The first kappa shape index (κ1) is 21.7. The van der Waals surface area contributed by atoms with Gasteiger partial charge in [0.25, 0.3) is 0 Å². The molecule has 5 fully saturated rings. The molecule has 0 radical (unpaired) electrons. The molecule has 30 heavy (non-hydrogen) atoms. The lowest BCUT2D eigenvalue weighted by molar-refractivity contribution is -0.221. The van der Waals surface area contributed by atoms with Crippen molar-refractivity contribution in [2.45, 2.75) is 96.9 Å². The first-order chi connectivity index (χ1) is 14.2. The van der Waals surface area contributed by atoms with E-state index in [0.717, 1.165) is 43.8 Å². The van der Waals surface area contributed by atoms with E-state index in [1.165, 1.54) is 44.9 Å². The number of hydrogen-bond donors (Lipinski definition) is 1. The average Bonchev–Trinajstić information content (AvgIpc) is 3.31. The lowest BCUT2D eigenvalue weighted by Crippen LogP contribution is -2.57. The smallest absolute Gasteiger partial charge is 0.169 e. The predicted octanol–water partition coefficient (Wildman–Crippen LogP) is 5.18. The van der Waals surface area contributed by atoms with Gasteiger partial charge in [0.15, 0.2) is 5.79 Å². The van der Waals surface area contributed by atoms with E-state index in [9.17, 15) is 5.11 Å². The number of aliphatic hydroxyl groups is 1. The Morgan fingerprint density at radius 1 is 0.867 bits per heavy atom. The topological polar surface area (TPSA) is 47.9 Å². The molecule has 0 aromatic carbocycles. The van der Waals surface area contributed by atoms with Crippen LogP contribution >= 0.6 is 0 Å². The zero-order valence-electron chi connectivity index (χ0n) is 19.8. The van der Waals surface area contributed by atoms with Crippen LogP contribution in [-0.2, 0) is 14.2 Å². The molecule has 172 valence electrons. The van der Waals surface area contributed by atoms with Gasteiger partial charge in [-0.2, -0.15) is 0 Å². The van der Waals surface area contributed by atoms with Crippen LogP contribution in [0.5, 0.6) is 0 Å². The quantitative estimate of drug-likeness (QED) is 0.681. The van der Waals surface area contributed by atoms with E-state index < -0.39 is 5.60 Å². The van der Waals surface area contributed by atoms with Crippen LogP contribution in [-0.4, -0.2) is 42.9 Å². The zero-order chi connectivity index (χ0) is 21.2. The van der Waals surface area contributed by atoms with E-state index in [0.29, 0.717) is 35.9 Å². The van der Waals surface area contributed by atoms with Gasteiger partial charge >= 0.3 is 0 Å². The fourth-order valence-corrected chi connectivity index (χ4v) is 9.34. The SMILES string of the molecule is CCOCC1(O)CC[C@@]2(C)[C@H](CC[C@@H]3[C@@H]2CC[C@]2(C)[C@@H](C4(C)OCCO4)CC[C@@H]32)C1. The van der Waals surface area contributed by atoms with Gasteiger partial charge in [-0.3, -0.25) is 0 Å². The van der Waals surface area contributed by atoms with Crippen molar-refractivity contribution in [1.29, 1.82) is 0 Å². The summed E-state index contributed by atoms with van der Waals surface area (Å²) in [7, 11) is 0. The predicted molar refractivity (Wildman–Crippen MR) is 117 cm³/mol. The zero-order valence-corrected chi connectivity index (χ0v) is 19.8. The summed E-state index contributed by atoms with van der Waals surface area (Å²) in [5.41, 5.74) is 0.152. The van der Waals surface area contributed by atoms with Crippen molar-refractivity contribution >= 4 is 0 Å². The number of rotatable bonds is 4. The summed E-state index contributed by atoms with van der Waals surface area (Å²) in [4.78, 5) is 0. The molecule has 4 saturated carbocycles. The molecule has 8 atom stereocenters. The molecule has 1 saturated heterocycles. The molecule has 0 aromatic rings. The van der Waals surface area contributed by atoms with Gasteiger partial charge in [-0.1, -0.05) is 13.8 Å². The van der Waals surface area contributed by atoms with Gasteiger partial charge in [0.05, 0.1) is 25.4 Å². The molecule has 0 bridgehead atoms. The monoisotopic (exact) mass is 420 g/mol. The molecule has 1 aliphatic heterocycles. The van der Waals surface area contributed by atoms with Crippen LogP contribution in [0.4, 0.5) is 0 Å². The molecule has 1 heterocycles. The maximum absolute atomic E-state index is 11.2. The molecule has 4 nitrogen and oxygen atoms in total. The third-order valence-electron chi connectivity index (χ3n) is 10.9. The van der Waals surface area contributed by atoms with Crippen LogP contribution in [0.1, 0.15) is 85.5 Å². The lowest BCUT2D eigenvalue weighted by atomic mass is 9.43. The summed E-state index contributed by atoms with van der Waals surface area (Å²) in [6.07, 6.45) is 10.9. The van der Waals surface area contributed by atoms with E-state index in [1.54, 1.807) is 0 Å². The third kappa shape index (κ3) is 3.15. The normalized spacial score (nSPS) is 52.5. The van der Waals surface area contributed by atoms with E-state index >= 15 is 0 Å². The van der Waals surface area contributed by atoms with Crippen molar-refractivity contribution in [2.75, 3.05) is 26.4 Å². The van der Waals surface area contributed by atoms with Gasteiger partial charge < -0.3 is 19.3 Å². The molecule has 4 heteroatoms. The maximum atomic E-state index is 11.2. The average molecular weight is 421 g/mol. The number of hydrogen-bond acceptors (Lipinski definition) is 4. The Morgan fingerprint density at radius 3 is 2.33 bits per heavy atom. The minimum absolute atomic E-state index is 0.355. The largest absolute Gasteiger partial charge is 0.387 e. The van der Waals surface area contributed by atoms with Gasteiger partial charge in [0, 0.05) is 12.5 Å². The van der Waals surface area contributed by atoms with Crippen LogP contribution < -0.4 is 0 Å². The summed E-state index contributed by atoms with van der Waals surface area (Å²) >= 11 is 0. The molecule has 0 amide bonds. The Labute approximate surface area is 183 Å². The Hall–Kier alpha value is -0.160. The van der Waals surface area contributed by atoms with Crippen molar-refractivity contribution in [1.82, 2.24) is 0 Å². The molecule has 0 spiro atoms. The van der Waals surface area contributed by atoms with Crippen LogP contribution in [0.3, 0.4) is 0 Å². The van der Waals surface area contributed by atoms with Crippen molar-refractivity contribution < 1.29 is 19.3 Å². The Bertz CT molecular complexity index is 645.